The van der Waals surface area contributed by atoms with Gasteiger partial charge in [-0.2, -0.15) is 0 Å². The number of ether oxygens (including phenoxy) is 4. The van der Waals surface area contributed by atoms with E-state index in [1.165, 1.54) is 64.2 Å². The van der Waals surface area contributed by atoms with Crippen LogP contribution in [0.1, 0.15) is 310 Å². The molecule has 2 unspecified atom stereocenters. The Morgan fingerprint density at radius 2 is 0.529 bits per heavy atom. The Morgan fingerprint density at radius 3 is 0.873 bits per heavy atom. The Hall–Kier alpha value is -4.80. The topological polar surface area (TPSA) is 237 Å². The van der Waals surface area contributed by atoms with Crippen molar-refractivity contribution in [3.8, 4) is 0 Å². The molecule has 0 aromatic carbocycles. The number of hydrogen-bond acceptors (Lipinski definition) is 15. The molecule has 0 spiro atoms. The molecule has 0 heterocycles. The summed E-state index contributed by atoms with van der Waals surface area (Å²) in [5, 5.41) is 10.6. The molecule has 5 atom stereocenters. The van der Waals surface area contributed by atoms with Gasteiger partial charge in [-0.15, -0.1) is 0 Å². The summed E-state index contributed by atoms with van der Waals surface area (Å²) in [6, 6.07) is 0. The van der Waals surface area contributed by atoms with Crippen LogP contribution < -0.4 is 0 Å². The molecule has 0 aliphatic heterocycles. The van der Waals surface area contributed by atoms with E-state index >= 15 is 0 Å². The first-order chi connectivity index (χ1) is 49.7. The van der Waals surface area contributed by atoms with Crippen LogP contribution in [-0.2, 0) is 65.4 Å². The molecule has 0 fully saturated rings. The van der Waals surface area contributed by atoms with Crippen LogP contribution in [0.4, 0.5) is 0 Å². The van der Waals surface area contributed by atoms with Crippen LogP contribution in [0.2, 0.25) is 0 Å². The zero-order valence-electron chi connectivity index (χ0n) is 63.7. The van der Waals surface area contributed by atoms with E-state index in [-0.39, 0.29) is 25.7 Å². The van der Waals surface area contributed by atoms with Crippen LogP contribution in [0.5, 0.6) is 0 Å². The number of aliphatic hydroxyl groups excluding tert-OH is 1. The van der Waals surface area contributed by atoms with Gasteiger partial charge in [-0.3, -0.25) is 37.3 Å². The van der Waals surface area contributed by atoms with Crippen molar-refractivity contribution in [1.29, 1.82) is 0 Å². The molecule has 17 nitrogen and oxygen atoms in total. The number of esters is 4. The molecule has 0 saturated carbocycles. The van der Waals surface area contributed by atoms with Crippen molar-refractivity contribution in [3.05, 3.63) is 134 Å². The second kappa shape index (κ2) is 74.5. The molecule has 0 saturated heterocycles. The van der Waals surface area contributed by atoms with E-state index in [2.05, 4.69) is 143 Å². The van der Waals surface area contributed by atoms with Gasteiger partial charge in [-0.25, -0.2) is 9.13 Å². The summed E-state index contributed by atoms with van der Waals surface area (Å²) in [6.07, 6.45) is 83.0. The van der Waals surface area contributed by atoms with Gasteiger partial charge in [0.05, 0.1) is 26.4 Å². The zero-order valence-corrected chi connectivity index (χ0v) is 65.5. The molecule has 3 N–H and O–H groups in total. The predicted octanol–water partition coefficient (Wildman–Crippen LogP) is 22.9. The van der Waals surface area contributed by atoms with Gasteiger partial charge in [-0.05, 0) is 154 Å². The molecule has 584 valence electrons. The minimum Gasteiger partial charge on any atom is -0.462 e. The maximum Gasteiger partial charge on any atom is 0.472 e. The summed E-state index contributed by atoms with van der Waals surface area (Å²) in [5.41, 5.74) is 0. The van der Waals surface area contributed by atoms with Gasteiger partial charge in [0.15, 0.2) is 12.2 Å². The maximum atomic E-state index is 13.1. The van der Waals surface area contributed by atoms with Crippen molar-refractivity contribution in [1.82, 2.24) is 0 Å². The van der Waals surface area contributed by atoms with Gasteiger partial charge in [-0.1, -0.05) is 264 Å². The number of phosphoric ester groups is 2. The molecule has 0 rings (SSSR count). The van der Waals surface area contributed by atoms with E-state index in [0.29, 0.717) is 32.1 Å². The van der Waals surface area contributed by atoms with E-state index < -0.39 is 97.5 Å². The average molecular weight is 1470 g/mol. The van der Waals surface area contributed by atoms with E-state index in [4.69, 9.17) is 37.0 Å². The Labute approximate surface area is 618 Å². The maximum absolute atomic E-state index is 13.1. The van der Waals surface area contributed by atoms with Gasteiger partial charge < -0.3 is 33.8 Å². The number of aliphatic hydroxyl groups is 1. The molecule has 102 heavy (non-hydrogen) atoms. The second-order valence-corrected chi connectivity index (χ2v) is 28.8. The van der Waals surface area contributed by atoms with E-state index in [1.807, 2.05) is 18.2 Å². The van der Waals surface area contributed by atoms with Crippen LogP contribution in [-0.4, -0.2) is 96.7 Å². The smallest absolute Gasteiger partial charge is 0.462 e. The predicted molar refractivity (Wildman–Crippen MR) is 418 cm³/mol. The second-order valence-electron chi connectivity index (χ2n) is 25.9. The minimum absolute atomic E-state index is 0.0298. The monoisotopic (exact) mass is 1470 g/mol. The molecule has 0 aromatic rings. The van der Waals surface area contributed by atoms with Crippen LogP contribution in [0, 0.1) is 0 Å². The Bertz CT molecular complexity index is 2460. The Balaban J connectivity index is 5.45. The molecular formula is C83H140O17P2. The van der Waals surface area contributed by atoms with Crippen molar-refractivity contribution >= 4 is 39.5 Å². The third-order valence-electron chi connectivity index (χ3n) is 16.1. The fraction of sp³-hybridized carbons (Fsp3) is 0.687. The highest BCUT2D eigenvalue weighted by Crippen LogP contribution is 2.45. The summed E-state index contributed by atoms with van der Waals surface area (Å²) < 4.78 is 68.4. The van der Waals surface area contributed by atoms with E-state index in [9.17, 15) is 43.2 Å². The van der Waals surface area contributed by atoms with Gasteiger partial charge in [0, 0.05) is 25.7 Å². The first-order valence-corrected chi connectivity index (χ1v) is 42.4. The highest BCUT2D eigenvalue weighted by Gasteiger charge is 2.30. The number of unbranched alkanes of at least 4 members (excludes halogenated alkanes) is 25. The fourth-order valence-electron chi connectivity index (χ4n) is 10.1. The van der Waals surface area contributed by atoms with E-state index in [1.54, 1.807) is 0 Å². The van der Waals surface area contributed by atoms with Crippen LogP contribution in [0.25, 0.3) is 0 Å². The van der Waals surface area contributed by atoms with Crippen molar-refractivity contribution in [3.63, 3.8) is 0 Å². The largest absolute Gasteiger partial charge is 0.472 e. The van der Waals surface area contributed by atoms with Gasteiger partial charge in [0.2, 0.25) is 0 Å². The third-order valence-corrected chi connectivity index (χ3v) is 18.0. The van der Waals surface area contributed by atoms with Gasteiger partial charge >= 0.3 is 39.5 Å². The Kier molecular flexibility index (Phi) is 71.0. The van der Waals surface area contributed by atoms with Crippen LogP contribution in [0.3, 0.4) is 0 Å². The average Bonchev–Trinajstić information content (AvgIpc) is 0.920. The number of hydrogen-bond donors (Lipinski definition) is 3. The molecule has 0 aromatic heterocycles. The quantitative estimate of drug-likeness (QED) is 0.0169. The molecule has 0 bridgehead atoms. The summed E-state index contributed by atoms with van der Waals surface area (Å²) in [7, 11) is -9.99. The van der Waals surface area contributed by atoms with Crippen molar-refractivity contribution in [2.75, 3.05) is 39.6 Å². The molecule has 0 amide bonds. The van der Waals surface area contributed by atoms with Crippen molar-refractivity contribution in [2.24, 2.45) is 0 Å². The lowest BCUT2D eigenvalue weighted by Gasteiger charge is -2.21. The summed E-state index contributed by atoms with van der Waals surface area (Å²) in [5.74, 6) is -2.31. The molecule has 0 aliphatic rings. The highest BCUT2D eigenvalue weighted by atomic mass is 31.2. The minimum atomic E-state index is -5.00. The summed E-state index contributed by atoms with van der Waals surface area (Å²) in [6.45, 7) is 4.57. The summed E-state index contributed by atoms with van der Waals surface area (Å²) in [4.78, 5) is 72.9. The summed E-state index contributed by atoms with van der Waals surface area (Å²) >= 11 is 0. The first kappa shape index (κ1) is 97.2. The SMILES string of the molecule is CC/C=C\C/C=C\C/C=C\C/C=C\C/C=C\C/C=C\CCC(=O)OC[C@H](COP(=O)(O)OC[C@@H](O)COP(=O)(O)OC[C@@H](COC(=O)CCCCCCC/C=C\CCCCCC)OC(=O)CCCCCCC/C=C\C/C=C\CCCCC)OC(=O)CCCCCCC/C=C\C/C=C\CCCCC. The lowest BCUT2D eigenvalue weighted by Crippen LogP contribution is -2.30. The van der Waals surface area contributed by atoms with Crippen molar-refractivity contribution < 1.29 is 80.2 Å². The number of carbonyl (C=O) groups is 4. The molecular weight excluding hydrogens is 1330 g/mol. The van der Waals surface area contributed by atoms with Crippen molar-refractivity contribution in [2.45, 2.75) is 329 Å². The Morgan fingerprint density at radius 1 is 0.284 bits per heavy atom. The lowest BCUT2D eigenvalue weighted by atomic mass is 10.1. The third kappa shape index (κ3) is 73.5. The first-order valence-electron chi connectivity index (χ1n) is 39.4. The number of carbonyl (C=O) groups excluding carboxylic acids is 4. The highest BCUT2D eigenvalue weighted by molar-refractivity contribution is 7.47. The number of phosphoric acid groups is 2. The molecule has 0 radical (unpaired) electrons. The fourth-order valence-corrected chi connectivity index (χ4v) is 11.6. The van der Waals surface area contributed by atoms with Gasteiger partial charge in [0.1, 0.15) is 19.3 Å². The van der Waals surface area contributed by atoms with Crippen LogP contribution >= 0.6 is 15.6 Å². The standard InChI is InChI=1S/C83H140O17P2/c1-5-9-13-17-21-25-29-33-36-37-38-39-42-44-48-52-56-60-64-68-81(86)94-74-79(100-83(88)70-66-62-58-54-50-46-41-35-31-27-23-19-15-11-7-3)76-98-102(91,92)96-72-77(84)71-95-101(89,90)97-75-78(73-93-80(85)67-63-59-55-51-47-43-32-28-24-20-16-12-8-4)99-82(87)69-65-61-57-53-49-45-40-34-30-26-22-18-14-10-6-2/h9,13,21-23,25-28,32-36,38-41,44,48,56,60,77-79,84H,5-8,10-12,14-20,24,29-31,37,42-43,45-47,49-55,57-59,61-76H2,1-4H3,(H,89,90)(H,91,92)/b13-9-,25-21-,26-22-,27-23-,32-28-,36-33-,39-38-,40-34-,41-35-,48-44-,60-56-/t77-,78+,79+/m0/s1. The molecule has 19 heteroatoms. The lowest BCUT2D eigenvalue weighted by molar-refractivity contribution is -0.161. The number of rotatable bonds is 73. The van der Waals surface area contributed by atoms with Gasteiger partial charge in [0.25, 0.3) is 0 Å². The normalized spacial score (nSPS) is 14.6. The van der Waals surface area contributed by atoms with Crippen LogP contribution in [0.15, 0.2) is 134 Å². The molecule has 0 aliphatic carbocycles. The van der Waals surface area contributed by atoms with E-state index in [0.717, 1.165) is 161 Å². The zero-order chi connectivity index (χ0) is 74.6. The number of allylic oxidation sites excluding steroid dienone is 22.